The van der Waals surface area contributed by atoms with Crippen LogP contribution < -0.4 is 11.1 Å². The van der Waals surface area contributed by atoms with E-state index in [0.717, 1.165) is 12.8 Å². The molecule has 0 saturated heterocycles. The normalized spacial score (nSPS) is 14.1. The van der Waals surface area contributed by atoms with Crippen molar-refractivity contribution in [2.75, 3.05) is 5.73 Å². The Hall–Kier alpha value is -1.36. The zero-order valence-electron chi connectivity index (χ0n) is 11.7. The van der Waals surface area contributed by atoms with Crippen molar-refractivity contribution in [3.63, 3.8) is 0 Å². The van der Waals surface area contributed by atoms with Crippen molar-refractivity contribution in [3.8, 4) is 0 Å². The first-order valence-corrected chi connectivity index (χ1v) is 7.78. The molecular weight excluding hydrogens is 260 g/mol. The molecule has 1 aromatic carbocycles. The highest BCUT2D eigenvalue weighted by Crippen LogP contribution is 2.18. The summed E-state index contributed by atoms with van der Waals surface area (Å²) in [6.07, 6.45) is 1.74. The largest absolute Gasteiger partial charge is 0.398 e. The Balaban J connectivity index is 2.77. The number of benzene rings is 1. The van der Waals surface area contributed by atoms with Gasteiger partial charge >= 0.3 is 0 Å². The summed E-state index contributed by atoms with van der Waals surface area (Å²) in [6, 6.07) is 7.09. The SMILES string of the molecule is CCC(CC)NC(=O)C(C)S(=O)c1ccccc1N. The molecule has 2 unspecified atom stereocenters. The summed E-state index contributed by atoms with van der Waals surface area (Å²) in [5.74, 6) is -0.185. The highest BCUT2D eigenvalue weighted by molar-refractivity contribution is 7.86. The molecule has 0 heterocycles. The first-order valence-electron chi connectivity index (χ1n) is 6.56. The molecule has 19 heavy (non-hydrogen) atoms. The maximum absolute atomic E-state index is 12.3. The van der Waals surface area contributed by atoms with E-state index in [4.69, 9.17) is 5.73 Å². The lowest BCUT2D eigenvalue weighted by Crippen LogP contribution is -2.41. The van der Waals surface area contributed by atoms with Crippen LogP contribution >= 0.6 is 0 Å². The summed E-state index contributed by atoms with van der Waals surface area (Å²) in [4.78, 5) is 12.6. The Morgan fingerprint density at radius 3 is 2.42 bits per heavy atom. The molecule has 0 fully saturated rings. The molecule has 4 nitrogen and oxygen atoms in total. The molecule has 0 bridgehead atoms. The standard InChI is InChI=1S/C14H22N2O2S/c1-4-11(5-2)16-14(17)10(3)19(18)13-9-7-6-8-12(13)15/h6-11H,4-5,15H2,1-3H3,(H,16,17). The summed E-state index contributed by atoms with van der Waals surface area (Å²) in [5.41, 5.74) is 6.25. The van der Waals surface area contributed by atoms with Crippen LogP contribution in [0.25, 0.3) is 0 Å². The average molecular weight is 282 g/mol. The number of nitrogens with one attached hydrogen (secondary N) is 1. The van der Waals surface area contributed by atoms with E-state index in [9.17, 15) is 9.00 Å². The van der Waals surface area contributed by atoms with Gasteiger partial charge in [-0.15, -0.1) is 0 Å². The van der Waals surface area contributed by atoms with Crippen molar-refractivity contribution < 1.29 is 9.00 Å². The van der Waals surface area contributed by atoms with E-state index in [-0.39, 0.29) is 11.9 Å². The van der Waals surface area contributed by atoms with E-state index in [1.54, 1.807) is 31.2 Å². The minimum atomic E-state index is -1.43. The summed E-state index contributed by atoms with van der Waals surface area (Å²) in [7, 11) is -1.43. The average Bonchev–Trinajstić information content (AvgIpc) is 2.43. The van der Waals surface area contributed by atoms with Gasteiger partial charge in [-0.25, -0.2) is 0 Å². The molecule has 0 aliphatic heterocycles. The fraction of sp³-hybridized carbons (Fsp3) is 0.500. The Morgan fingerprint density at radius 2 is 1.89 bits per heavy atom. The Morgan fingerprint density at radius 1 is 1.32 bits per heavy atom. The maximum Gasteiger partial charge on any atom is 0.236 e. The van der Waals surface area contributed by atoms with Crippen molar-refractivity contribution in [1.29, 1.82) is 0 Å². The number of nitrogen functional groups attached to an aromatic ring is 1. The third-order valence-corrected chi connectivity index (χ3v) is 4.82. The minimum absolute atomic E-state index is 0.139. The lowest BCUT2D eigenvalue weighted by Gasteiger charge is -2.18. The van der Waals surface area contributed by atoms with Crippen molar-refractivity contribution in [2.45, 2.75) is 49.8 Å². The second-order valence-corrected chi connectivity index (χ2v) is 6.24. The fourth-order valence-electron chi connectivity index (χ4n) is 1.76. The van der Waals surface area contributed by atoms with Crippen molar-refractivity contribution in [1.82, 2.24) is 5.32 Å². The lowest BCUT2D eigenvalue weighted by atomic mass is 10.2. The van der Waals surface area contributed by atoms with E-state index in [1.807, 2.05) is 13.8 Å². The summed E-state index contributed by atoms with van der Waals surface area (Å²) >= 11 is 0. The number of carbonyl (C=O) groups is 1. The molecule has 1 rings (SSSR count). The van der Waals surface area contributed by atoms with Crippen LogP contribution in [0.4, 0.5) is 5.69 Å². The quantitative estimate of drug-likeness (QED) is 0.785. The fourth-order valence-corrected chi connectivity index (χ4v) is 2.92. The predicted octanol–water partition coefficient (Wildman–Crippen LogP) is 2.07. The van der Waals surface area contributed by atoms with Crippen LogP contribution in [0.2, 0.25) is 0 Å². The van der Waals surface area contributed by atoms with Crippen LogP contribution in [0.3, 0.4) is 0 Å². The van der Waals surface area contributed by atoms with E-state index in [2.05, 4.69) is 5.32 Å². The van der Waals surface area contributed by atoms with E-state index in [1.165, 1.54) is 0 Å². The van der Waals surface area contributed by atoms with Gasteiger partial charge in [0.05, 0.1) is 15.7 Å². The van der Waals surface area contributed by atoms with Gasteiger partial charge in [-0.2, -0.15) is 0 Å². The van der Waals surface area contributed by atoms with Gasteiger partial charge in [-0.1, -0.05) is 26.0 Å². The summed E-state index contributed by atoms with van der Waals surface area (Å²) < 4.78 is 12.3. The van der Waals surface area contributed by atoms with Crippen molar-refractivity contribution in [2.24, 2.45) is 0 Å². The predicted molar refractivity (Wildman–Crippen MR) is 79.2 cm³/mol. The second kappa shape index (κ2) is 7.28. The topological polar surface area (TPSA) is 72.2 Å². The first-order chi connectivity index (χ1) is 9.01. The van der Waals surface area contributed by atoms with Gasteiger partial charge in [0, 0.05) is 11.7 Å². The number of hydrogen-bond acceptors (Lipinski definition) is 3. The van der Waals surface area contributed by atoms with Gasteiger partial charge in [-0.05, 0) is 31.9 Å². The molecule has 0 aromatic heterocycles. The molecule has 0 saturated carbocycles. The first kappa shape index (κ1) is 15.7. The highest BCUT2D eigenvalue weighted by atomic mass is 32.2. The minimum Gasteiger partial charge on any atom is -0.398 e. The number of hydrogen-bond donors (Lipinski definition) is 2. The summed E-state index contributed by atoms with van der Waals surface area (Å²) in [6.45, 7) is 5.71. The van der Waals surface area contributed by atoms with Gasteiger partial charge in [0.15, 0.2) is 0 Å². The Bertz CT molecular complexity index is 459. The molecule has 5 heteroatoms. The van der Waals surface area contributed by atoms with Gasteiger partial charge in [0.1, 0.15) is 5.25 Å². The van der Waals surface area contributed by atoms with E-state index >= 15 is 0 Å². The van der Waals surface area contributed by atoms with Crippen molar-refractivity contribution >= 4 is 22.4 Å². The van der Waals surface area contributed by atoms with Crippen LogP contribution in [0.15, 0.2) is 29.2 Å². The molecular formula is C14H22N2O2S. The van der Waals surface area contributed by atoms with Gasteiger partial charge in [0.2, 0.25) is 5.91 Å². The molecule has 0 radical (unpaired) electrons. The maximum atomic E-state index is 12.3. The number of rotatable bonds is 6. The van der Waals surface area contributed by atoms with Crippen LogP contribution in [0.5, 0.6) is 0 Å². The molecule has 2 atom stereocenters. The smallest absolute Gasteiger partial charge is 0.236 e. The molecule has 0 spiro atoms. The lowest BCUT2D eigenvalue weighted by molar-refractivity contribution is -0.121. The molecule has 0 aliphatic carbocycles. The molecule has 106 valence electrons. The van der Waals surface area contributed by atoms with Crippen LogP contribution in [-0.2, 0) is 15.6 Å². The third kappa shape index (κ3) is 4.06. The van der Waals surface area contributed by atoms with Crippen LogP contribution in [0.1, 0.15) is 33.6 Å². The van der Waals surface area contributed by atoms with Crippen LogP contribution in [-0.4, -0.2) is 21.4 Å². The molecule has 3 N–H and O–H groups in total. The zero-order chi connectivity index (χ0) is 14.4. The monoisotopic (exact) mass is 282 g/mol. The molecule has 0 aliphatic rings. The Kier molecular flexibility index (Phi) is 6.02. The highest BCUT2D eigenvalue weighted by Gasteiger charge is 2.23. The summed E-state index contributed by atoms with van der Waals surface area (Å²) in [5, 5.41) is 2.31. The molecule has 1 amide bonds. The van der Waals surface area contributed by atoms with Crippen molar-refractivity contribution in [3.05, 3.63) is 24.3 Å². The number of anilines is 1. The third-order valence-electron chi connectivity index (χ3n) is 3.16. The van der Waals surface area contributed by atoms with Gasteiger partial charge < -0.3 is 11.1 Å². The Labute approximate surface area is 117 Å². The van der Waals surface area contributed by atoms with Gasteiger partial charge in [0.25, 0.3) is 0 Å². The number of carbonyl (C=O) groups excluding carboxylic acids is 1. The van der Waals surface area contributed by atoms with Gasteiger partial charge in [-0.3, -0.25) is 9.00 Å². The second-order valence-electron chi connectivity index (χ2n) is 4.50. The van der Waals surface area contributed by atoms with Crippen LogP contribution in [0, 0.1) is 0 Å². The zero-order valence-corrected chi connectivity index (χ0v) is 12.5. The molecule has 1 aromatic rings. The number of para-hydroxylation sites is 1. The van der Waals surface area contributed by atoms with E-state index < -0.39 is 16.0 Å². The van der Waals surface area contributed by atoms with E-state index in [0.29, 0.717) is 10.6 Å². The number of amides is 1. The number of nitrogens with two attached hydrogens (primary N) is 1.